The van der Waals surface area contributed by atoms with Crippen LogP contribution in [0.5, 0.6) is 5.75 Å². The zero-order chi connectivity index (χ0) is 34.1. The minimum absolute atomic E-state index is 0.111. The van der Waals surface area contributed by atoms with E-state index in [4.69, 9.17) is 9.47 Å². The van der Waals surface area contributed by atoms with Gasteiger partial charge in [-0.05, 0) is 66.6 Å². The van der Waals surface area contributed by atoms with Crippen LogP contribution >= 0.6 is 0 Å². The molecule has 5 rings (SSSR count). The molecule has 0 aliphatic rings. The first-order chi connectivity index (χ1) is 24.0. The van der Waals surface area contributed by atoms with Crippen molar-refractivity contribution in [3.05, 3.63) is 120 Å². The van der Waals surface area contributed by atoms with Gasteiger partial charge in [-0.3, -0.25) is 14.6 Å². The summed E-state index contributed by atoms with van der Waals surface area (Å²) in [6, 6.07) is 26.4. The molecule has 5 N–H and O–H groups in total. The van der Waals surface area contributed by atoms with Crippen molar-refractivity contribution in [3.8, 4) is 5.75 Å². The molecule has 0 saturated heterocycles. The lowest BCUT2D eigenvalue weighted by molar-refractivity contribution is 0.0497. The summed E-state index contributed by atoms with van der Waals surface area (Å²) in [5.74, 6) is 0.910. The van der Waals surface area contributed by atoms with Gasteiger partial charge < -0.3 is 35.8 Å². The van der Waals surface area contributed by atoms with Crippen molar-refractivity contribution in [2.75, 3.05) is 48.9 Å². The topological polar surface area (TPSA) is 173 Å². The van der Waals surface area contributed by atoms with E-state index in [2.05, 4.69) is 41.2 Å². The van der Waals surface area contributed by atoms with Crippen LogP contribution in [0, 0.1) is 0 Å². The number of Topliss-reactive ketones (excluding diaryl/α,β-unsaturated/α-hetero) is 1. The summed E-state index contributed by atoms with van der Waals surface area (Å²) in [4.78, 5) is 42.3. The van der Waals surface area contributed by atoms with Crippen LogP contribution in [0.15, 0.2) is 103 Å². The first kappa shape index (κ1) is 34.4. The minimum Gasteiger partial charge on any atom is -0.508 e. The number of anilines is 5. The molecule has 0 atom stereocenters. The van der Waals surface area contributed by atoms with Crippen molar-refractivity contribution >= 4 is 40.9 Å². The van der Waals surface area contributed by atoms with Gasteiger partial charge in [0.05, 0.1) is 19.8 Å². The van der Waals surface area contributed by atoms with Gasteiger partial charge in [0.2, 0.25) is 17.8 Å². The van der Waals surface area contributed by atoms with Crippen LogP contribution in [-0.4, -0.2) is 69.7 Å². The van der Waals surface area contributed by atoms with Gasteiger partial charge in [0, 0.05) is 61.0 Å². The molecule has 2 aromatic heterocycles. The number of aromatic nitrogens is 4. The summed E-state index contributed by atoms with van der Waals surface area (Å²) in [5, 5.41) is 22.0. The number of amides is 1. The predicted octanol–water partition coefficient (Wildman–Crippen LogP) is 5.50. The van der Waals surface area contributed by atoms with Crippen LogP contribution in [0.2, 0.25) is 0 Å². The highest BCUT2D eigenvalue weighted by Gasteiger charge is 2.10. The van der Waals surface area contributed by atoms with Gasteiger partial charge >= 0.3 is 0 Å². The van der Waals surface area contributed by atoms with Gasteiger partial charge in [-0.15, -0.1) is 0 Å². The minimum atomic E-state index is -0.202. The number of phenols is 1. The van der Waals surface area contributed by atoms with Crippen molar-refractivity contribution in [2.45, 2.75) is 19.4 Å². The van der Waals surface area contributed by atoms with E-state index in [0.717, 1.165) is 11.1 Å². The molecule has 2 heterocycles. The predicted molar refractivity (Wildman–Crippen MR) is 186 cm³/mol. The second-order valence-electron chi connectivity index (χ2n) is 10.8. The van der Waals surface area contributed by atoms with E-state index in [1.54, 1.807) is 60.9 Å². The Morgan fingerprint density at radius 3 is 2.00 bits per heavy atom. The first-order valence-corrected chi connectivity index (χ1v) is 15.9. The smallest absolute Gasteiger partial charge is 0.251 e. The Hall–Kier alpha value is -5.92. The molecule has 0 aliphatic heterocycles. The third-order valence-corrected chi connectivity index (χ3v) is 7.03. The Morgan fingerprint density at radius 1 is 0.673 bits per heavy atom. The number of nitrogens with one attached hydrogen (secondary N) is 4. The van der Waals surface area contributed by atoms with Gasteiger partial charge in [-0.1, -0.05) is 36.4 Å². The quantitative estimate of drug-likeness (QED) is 0.0428. The van der Waals surface area contributed by atoms with Crippen molar-refractivity contribution in [2.24, 2.45) is 0 Å². The molecule has 0 bridgehead atoms. The van der Waals surface area contributed by atoms with Gasteiger partial charge in [0.25, 0.3) is 5.91 Å². The average Bonchev–Trinajstić information content (AvgIpc) is 3.13. The fraction of sp³-hybridized carbons (Fsp3) is 0.222. The normalized spacial score (nSPS) is 10.7. The van der Waals surface area contributed by atoms with E-state index < -0.39 is 0 Å². The van der Waals surface area contributed by atoms with Gasteiger partial charge in [0.15, 0.2) is 5.78 Å². The molecule has 13 nitrogen and oxygen atoms in total. The van der Waals surface area contributed by atoms with Crippen molar-refractivity contribution in [1.29, 1.82) is 0 Å². The number of carbonyl (C=O) groups excluding carboxylic acids is 2. The lowest BCUT2D eigenvalue weighted by Crippen LogP contribution is -2.22. The van der Waals surface area contributed by atoms with Gasteiger partial charge in [-0.2, -0.15) is 15.0 Å². The Morgan fingerprint density at radius 2 is 1.33 bits per heavy atom. The monoisotopic (exact) mass is 662 g/mol. The Bertz CT molecular complexity index is 1760. The van der Waals surface area contributed by atoms with Crippen LogP contribution in [0.3, 0.4) is 0 Å². The molecule has 0 aliphatic carbocycles. The average molecular weight is 663 g/mol. The zero-order valence-electron chi connectivity index (χ0n) is 26.8. The molecule has 0 fully saturated rings. The standard InChI is InChI=1S/C36H38N8O5/c45-31-16-14-30(15-17-31)41-36-43-34(38-19-21-49-23-22-48-20-5-9-32(46)27-7-2-1-3-8-27)42-35(44-36)40-29-12-10-28(11-13-29)33(47)39-25-26-6-4-18-37-24-26/h1-4,6-8,10-18,24,45H,5,9,19-23,25H2,(H,39,47)(H3,38,40,41,42,43,44). The van der Waals surface area contributed by atoms with E-state index in [9.17, 15) is 14.7 Å². The summed E-state index contributed by atoms with van der Waals surface area (Å²) in [5.41, 5.74) is 3.48. The van der Waals surface area contributed by atoms with E-state index in [1.165, 1.54) is 0 Å². The zero-order valence-corrected chi connectivity index (χ0v) is 26.8. The van der Waals surface area contributed by atoms with Crippen molar-refractivity contribution in [3.63, 3.8) is 0 Å². The fourth-order valence-corrected chi connectivity index (χ4v) is 4.52. The van der Waals surface area contributed by atoms with E-state index in [1.807, 2.05) is 42.5 Å². The number of hydrogen-bond acceptors (Lipinski definition) is 12. The molecule has 0 spiro atoms. The molecule has 252 valence electrons. The number of aromatic hydroxyl groups is 1. The number of pyridine rings is 1. The molecule has 0 saturated carbocycles. The summed E-state index contributed by atoms with van der Waals surface area (Å²) < 4.78 is 11.3. The first-order valence-electron chi connectivity index (χ1n) is 15.9. The van der Waals surface area contributed by atoms with Crippen LogP contribution in [0.1, 0.15) is 39.1 Å². The molecule has 5 aromatic rings. The van der Waals surface area contributed by atoms with E-state index >= 15 is 0 Å². The molecule has 1 amide bonds. The van der Waals surface area contributed by atoms with Crippen LogP contribution in [-0.2, 0) is 16.0 Å². The lowest BCUT2D eigenvalue weighted by Gasteiger charge is -2.12. The third-order valence-electron chi connectivity index (χ3n) is 7.03. The Labute approximate surface area is 284 Å². The maximum absolute atomic E-state index is 12.6. The Balaban J connectivity index is 1.09. The highest BCUT2D eigenvalue weighted by atomic mass is 16.5. The second-order valence-corrected chi connectivity index (χ2v) is 10.8. The number of rotatable bonds is 19. The summed E-state index contributed by atoms with van der Waals surface area (Å²) in [7, 11) is 0. The SMILES string of the molecule is O=C(CCCOCCOCCNc1nc(Nc2ccc(O)cc2)nc(Nc2ccc(C(=O)NCc3cccnc3)cc2)n1)c1ccccc1. The number of benzene rings is 3. The maximum atomic E-state index is 12.6. The van der Waals surface area contributed by atoms with Gasteiger partial charge in [0.1, 0.15) is 5.75 Å². The third kappa shape index (κ3) is 11.7. The number of carbonyl (C=O) groups is 2. The maximum Gasteiger partial charge on any atom is 0.251 e. The Kier molecular flexibility index (Phi) is 12.9. The fourth-order valence-electron chi connectivity index (χ4n) is 4.52. The highest BCUT2D eigenvalue weighted by Crippen LogP contribution is 2.21. The molecule has 0 unspecified atom stereocenters. The number of ether oxygens (including phenoxy) is 2. The molecule has 13 heteroatoms. The number of hydrogen-bond donors (Lipinski definition) is 5. The van der Waals surface area contributed by atoms with E-state index in [-0.39, 0.29) is 29.3 Å². The second kappa shape index (κ2) is 18.4. The molecular formula is C36H38N8O5. The molecule has 3 aromatic carbocycles. The number of phenolic OH excluding ortho intramolecular Hbond substituents is 1. The highest BCUT2D eigenvalue weighted by molar-refractivity contribution is 5.96. The lowest BCUT2D eigenvalue weighted by atomic mass is 10.1. The van der Waals surface area contributed by atoms with Crippen LogP contribution in [0.25, 0.3) is 0 Å². The van der Waals surface area contributed by atoms with Gasteiger partial charge in [-0.25, -0.2) is 0 Å². The molecule has 0 radical (unpaired) electrons. The van der Waals surface area contributed by atoms with E-state index in [0.29, 0.717) is 75.2 Å². The summed E-state index contributed by atoms with van der Waals surface area (Å²) in [6.45, 7) is 2.50. The van der Waals surface area contributed by atoms with Crippen LogP contribution in [0.4, 0.5) is 29.2 Å². The summed E-state index contributed by atoms with van der Waals surface area (Å²) in [6.07, 6.45) is 4.49. The largest absolute Gasteiger partial charge is 0.508 e. The molecule has 49 heavy (non-hydrogen) atoms. The van der Waals surface area contributed by atoms with Crippen molar-refractivity contribution < 1.29 is 24.2 Å². The molecular weight excluding hydrogens is 624 g/mol. The van der Waals surface area contributed by atoms with Crippen molar-refractivity contribution in [1.82, 2.24) is 25.3 Å². The van der Waals surface area contributed by atoms with Crippen LogP contribution < -0.4 is 21.3 Å². The summed E-state index contributed by atoms with van der Waals surface area (Å²) >= 11 is 0. The number of ketones is 1. The number of nitrogens with zero attached hydrogens (tertiary/aromatic N) is 4.